The van der Waals surface area contributed by atoms with E-state index in [4.69, 9.17) is 16.3 Å². The fourth-order valence-corrected chi connectivity index (χ4v) is 1.26. The zero-order chi connectivity index (χ0) is 10.7. The van der Waals surface area contributed by atoms with Gasteiger partial charge in [-0.15, -0.1) is 0 Å². The van der Waals surface area contributed by atoms with Crippen molar-refractivity contribution in [2.75, 3.05) is 0 Å². The van der Waals surface area contributed by atoms with Crippen molar-refractivity contribution in [3.05, 3.63) is 33.3 Å². The first-order chi connectivity index (χ1) is 6.52. The van der Waals surface area contributed by atoms with E-state index in [1.54, 1.807) is 19.9 Å². The zero-order valence-electron chi connectivity index (χ0n) is 7.86. The summed E-state index contributed by atoms with van der Waals surface area (Å²) in [6, 6.07) is 4.62. The Bertz CT molecular complexity index is 352. The van der Waals surface area contributed by atoms with Gasteiger partial charge in [0.1, 0.15) is 5.02 Å². The van der Waals surface area contributed by atoms with Gasteiger partial charge in [-0.2, -0.15) is 0 Å². The molecule has 4 nitrogen and oxygen atoms in total. The van der Waals surface area contributed by atoms with E-state index in [0.29, 0.717) is 0 Å². The van der Waals surface area contributed by atoms with Gasteiger partial charge < -0.3 is 4.74 Å². The highest BCUT2D eigenvalue weighted by Crippen LogP contribution is 2.34. The van der Waals surface area contributed by atoms with Crippen molar-refractivity contribution in [2.45, 2.75) is 20.0 Å². The highest BCUT2D eigenvalue weighted by atomic mass is 35.5. The van der Waals surface area contributed by atoms with Crippen LogP contribution in [0.25, 0.3) is 0 Å². The Hall–Kier alpha value is -1.29. The van der Waals surface area contributed by atoms with Crippen molar-refractivity contribution in [3.8, 4) is 5.75 Å². The lowest BCUT2D eigenvalue weighted by molar-refractivity contribution is -0.385. The van der Waals surface area contributed by atoms with E-state index in [1.165, 1.54) is 12.1 Å². The monoisotopic (exact) mass is 215 g/mol. The summed E-state index contributed by atoms with van der Waals surface area (Å²) in [7, 11) is 0. The third-order valence-electron chi connectivity index (χ3n) is 1.50. The second-order valence-electron chi connectivity index (χ2n) is 3.01. The molecule has 0 aliphatic rings. The minimum atomic E-state index is -0.542. The molecule has 76 valence electrons. The predicted molar refractivity (Wildman–Crippen MR) is 53.9 cm³/mol. The number of nitro benzene ring substituents is 1. The van der Waals surface area contributed by atoms with Gasteiger partial charge in [0.25, 0.3) is 0 Å². The largest absolute Gasteiger partial charge is 0.484 e. The fourth-order valence-electron chi connectivity index (χ4n) is 1.02. The van der Waals surface area contributed by atoms with Crippen molar-refractivity contribution in [2.24, 2.45) is 0 Å². The van der Waals surface area contributed by atoms with Crippen molar-refractivity contribution >= 4 is 17.3 Å². The van der Waals surface area contributed by atoms with Crippen LogP contribution in [0.1, 0.15) is 13.8 Å². The molecule has 14 heavy (non-hydrogen) atoms. The van der Waals surface area contributed by atoms with Gasteiger partial charge in [-0.25, -0.2) is 0 Å². The molecule has 0 saturated carbocycles. The topological polar surface area (TPSA) is 52.4 Å². The molecule has 0 radical (unpaired) electrons. The summed E-state index contributed by atoms with van der Waals surface area (Å²) in [5.74, 6) is 0.206. The first-order valence-corrected chi connectivity index (χ1v) is 4.49. The lowest BCUT2D eigenvalue weighted by atomic mass is 10.3. The van der Waals surface area contributed by atoms with Crippen molar-refractivity contribution in [3.63, 3.8) is 0 Å². The van der Waals surface area contributed by atoms with Crippen LogP contribution in [0.3, 0.4) is 0 Å². The fraction of sp³-hybridized carbons (Fsp3) is 0.333. The second-order valence-corrected chi connectivity index (χ2v) is 3.42. The normalized spacial score (nSPS) is 10.3. The molecule has 0 N–H and O–H groups in total. The molecule has 0 aromatic heterocycles. The van der Waals surface area contributed by atoms with E-state index in [0.717, 1.165) is 0 Å². The summed E-state index contributed by atoms with van der Waals surface area (Å²) >= 11 is 5.69. The SMILES string of the molecule is CC(C)Oc1cccc(Cl)c1[N+](=O)[O-]. The van der Waals surface area contributed by atoms with Gasteiger partial charge in [0.05, 0.1) is 11.0 Å². The maximum Gasteiger partial charge on any atom is 0.329 e. The van der Waals surface area contributed by atoms with Crippen LogP contribution in [0.15, 0.2) is 18.2 Å². The van der Waals surface area contributed by atoms with Gasteiger partial charge in [0.2, 0.25) is 0 Å². The quantitative estimate of drug-likeness (QED) is 0.575. The summed E-state index contributed by atoms with van der Waals surface area (Å²) in [5, 5.41) is 10.8. The molecule has 0 aliphatic carbocycles. The summed E-state index contributed by atoms with van der Waals surface area (Å²) in [6.45, 7) is 3.59. The molecule has 0 saturated heterocycles. The van der Waals surface area contributed by atoms with Crippen LogP contribution in [0.4, 0.5) is 5.69 Å². The molecular weight excluding hydrogens is 206 g/mol. The number of halogens is 1. The number of ether oxygens (including phenoxy) is 1. The molecular formula is C9H10ClNO3. The molecule has 1 aromatic rings. The van der Waals surface area contributed by atoms with E-state index < -0.39 is 4.92 Å². The summed E-state index contributed by atoms with van der Waals surface area (Å²) in [5.41, 5.74) is -0.178. The maximum atomic E-state index is 10.7. The van der Waals surface area contributed by atoms with Crippen molar-refractivity contribution in [1.29, 1.82) is 0 Å². The smallest absolute Gasteiger partial charge is 0.329 e. The second kappa shape index (κ2) is 4.28. The molecule has 0 amide bonds. The van der Waals surface area contributed by atoms with Crippen LogP contribution < -0.4 is 4.74 Å². The standard InChI is InChI=1S/C9H10ClNO3/c1-6(2)14-8-5-3-4-7(10)9(8)11(12)13/h3-6H,1-2H3. The van der Waals surface area contributed by atoms with Crippen LogP contribution in [-0.4, -0.2) is 11.0 Å². The van der Waals surface area contributed by atoms with Gasteiger partial charge in [-0.05, 0) is 26.0 Å². The van der Waals surface area contributed by atoms with E-state index in [-0.39, 0.29) is 22.6 Å². The first-order valence-electron chi connectivity index (χ1n) is 4.12. The van der Waals surface area contributed by atoms with Crippen LogP contribution in [0.5, 0.6) is 5.75 Å². The number of hydrogen-bond donors (Lipinski definition) is 0. The average Bonchev–Trinajstić information content (AvgIpc) is 2.01. The minimum absolute atomic E-state index is 0.0909. The zero-order valence-corrected chi connectivity index (χ0v) is 8.62. The maximum absolute atomic E-state index is 10.7. The van der Waals surface area contributed by atoms with Crippen molar-refractivity contribution in [1.82, 2.24) is 0 Å². The van der Waals surface area contributed by atoms with Gasteiger partial charge in [0.15, 0.2) is 5.75 Å². The van der Waals surface area contributed by atoms with Gasteiger partial charge in [0, 0.05) is 0 Å². The Kier molecular flexibility index (Phi) is 3.30. The Morgan fingerprint density at radius 3 is 2.64 bits per heavy atom. The Morgan fingerprint density at radius 2 is 2.14 bits per heavy atom. The van der Waals surface area contributed by atoms with E-state index >= 15 is 0 Å². The van der Waals surface area contributed by atoms with Gasteiger partial charge in [-0.1, -0.05) is 17.7 Å². The summed E-state index contributed by atoms with van der Waals surface area (Å²) < 4.78 is 5.26. The molecule has 0 unspecified atom stereocenters. The summed E-state index contributed by atoms with van der Waals surface area (Å²) in [6.07, 6.45) is -0.118. The molecule has 0 spiro atoms. The van der Waals surface area contributed by atoms with Crippen LogP contribution in [0.2, 0.25) is 5.02 Å². The third kappa shape index (κ3) is 2.35. The van der Waals surface area contributed by atoms with Crippen LogP contribution in [-0.2, 0) is 0 Å². The van der Waals surface area contributed by atoms with Crippen LogP contribution in [0, 0.1) is 10.1 Å². The highest BCUT2D eigenvalue weighted by Gasteiger charge is 2.20. The molecule has 1 aromatic carbocycles. The number of benzene rings is 1. The Labute approximate surface area is 86.6 Å². The van der Waals surface area contributed by atoms with E-state index in [1.807, 2.05) is 0 Å². The molecule has 0 heterocycles. The van der Waals surface area contributed by atoms with Gasteiger partial charge >= 0.3 is 5.69 Å². The third-order valence-corrected chi connectivity index (χ3v) is 1.80. The number of hydrogen-bond acceptors (Lipinski definition) is 3. The predicted octanol–water partition coefficient (Wildman–Crippen LogP) is 3.04. The molecule has 1 rings (SSSR count). The molecule has 0 aliphatic heterocycles. The number of nitrogens with zero attached hydrogens (tertiary/aromatic N) is 1. The number of nitro groups is 1. The summed E-state index contributed by atoms with van der Waals surface area (Å²) in [4.78, 5) is 10.1. The van der Waals surface area contributed by atoms with Crippen LogP contribution >= 0.6 is 11.6 Å². The molecule has 0 fully saturated rings. The van der Waals surface area contributed by atoms with Crippen molar-refractivity contribution < 1.29 is 9.66 Å². The van der Waals surface area contributed by atoms with E-state index in [2.05, 4.69) is 0 Å². The lowest BCUT2D eigenvalue weighted by Crippen LogP contribution is -2.07. The lowest BCUT2D eigenvalue weighted by Gasteiger charge is -2.09. The van der Waals surface area contributed by atoms with Gasteiger partial charge in [-0.3, -0.25) is 10.1 Å². The molecule has 5 heteroatoms. The highest BCUT2D eigenvalue weighted by molar-refractivity contribution is 6.32. The minimum Gasteiger partial charge on any atom is -0.484 e. The first kappa shape index (κ1) is 10.8. The Balaban J connectivity index is 3.14. The number of rotatable bonds is 3. The molecule has 0 bridgehead atoms. The average molecular weight is 216 g/mol. The molecule has 0 atom stereocenters. The Morgan fingerprint density at radius 1 is 1.50 bits per heavy atom. The number of para-hydroxylation sites is 1. The van der Waals surface area contributed by atoms with E-state index in [9.17, 15) is 10.1 Å².